The average Bonchev–Trinajstić information content (AvgIpc) is 2.53. The summed E-state index contributed by atoms with van der Waals surface area (Å²) in [4.78, 5) is 11.8. The van der Waals surface area contributed by atoms with Gasteiger partial charge < -0.3 is 10.4 Å². The summed E-state index contributed by atoms with van der Waals surface area (Å²) in [5, 5.41) is 11.9. The van der Waals surface area contributed by atoms with Crippen molar-refractivity contribution in [2.24, 2.45) is 0 Å². The molecule has 2 aromatic carbocycles. The number of nitrogens with one attached hydrogen (secondary N) is 1. The van der Waals surface area contributed by atoms with Crippen molar-refractivity contribution in [1.29, 1.82) is 0 Å². The highest BCUT2D eigenvalue weighted by molar-refractivity contribution is 5.90. The summed E-state index contributed by atoms with van der Waals surface area (Å²) in [5.41, 5.74) is 2.64. The monoisotopic (exact) mass is 281 g/mol. The second-order valence-corrected chi connectivity index (χ2v) is 4.76. The van der Waals surface area contributed by atoms with E-state index in [1.54, 1.807) is 6.07 Å². The van der Waals surface area contributed by atoms with E-state index in [1.165, 1.54) is 0 Å². The molecular weight excluding hydrogens is 262 g/mol. The Kier molecular flexibility index (Phi) is 5.73. The van der Waals surface area contributed by atoms with Crippen LogP contribution in [0.1, 0.15) is 24.0 Å². The number of benzene rings is 2. The smallest absolute Gasteiger partial charge is 0.224 e. The van der Waals surface area contributed by atoms with E-state index < -0.39 is 0 Å². The fourth-order valence-corrected chi connectivity index (χ4v) is 1.97. The van der Waals surface area contributed by atoms with Crippen LogP contribution in [0, 0.1) is 0 Å². The number of carbonyl (C=O) groups is 1. The lowest BCUT2D eigenvalue weighted by atomic mass is 10.2. The normalized spacial score (nSPS) is 10.7. The topological polar surface area (TPSA) is 49.3 Å². The first-order valence-electron chi connectivity index (χ1n) is 6.99. The van der Waals surface area contributed by atoms with E-state index in [-0.39, 0.29) is 12.5 Å². The maximum atomic E-state index is 11.8. The van der Waals surface area contributed by atoms with Crippen molar-refractivity contribution < 1.29 is 9.90 Å². The standard InChI is InChI=1S/C18H19NO2/c20-14-16-10-6-11-17(13-16)19-18(21)12-5-4-9-15-7-2-1-3-8-15/h1-4,6-11,13,20H,5,12,14H2,(H,19,21)/b9-4+. The average molecular weight is 281 g/mol. The minimum Gasteiger partial charge on any atom is -0.392 e. The first kappa shape index (κ1) is 15.0. The summed E-state index contributed by atoms with van der Waals surface area (Å²) < 4.78 is 0. The van der Waals surface area contributed by atoms with Gasteiger partial charge in [-0.3, -0.25) is 4.79 Å². The molecule has 0 aromatic heterocycles. The second kappa shape index (κ2) is 8.02. The Morgan fingerprint density at radius 1 is 1.10 bits per heavy atom. The zero-order valence-electron chi connectivity index (χ0n) is 11.8. The Balaban J connectivity index is 1.78. The third-order valence-electron chi connectivity index (χ3n) is 3.04. The third-order valence-corrected chi connectivity index (χ3v) is 3.04. The first-order chi connectivity index (χ1) is 10.3. The SMILES string of the molecule is O=C(CC/C=C/c1ccccc1)Nc1cccc(CO)c1. The number of aliphatic hydroxyl groups excluding tert-OH is 1. The lowest BCUT2D eigenvalue weighted by Gasteiger charge is -2.05. The lowest BCUT2D eigenvalue weighted by molar-refractivity contribution is -0.116. The number of hydrogen-bond acceptors (Lipinski definition) is 2. The summed E-state index contributed by atoms with van der Waals surface area (Å²) in [7, 11) is 0. The molecule has 0 atom stereocenters. The van der Waals surface area contributed by atoms with Crippen molar-refractivity contribution in [3.05, 3.63) is 71.8 Å². The van der Waals surface area contributed by atoms with E-state index in [1.807, 2.05) is 60.7 Å². The fourth-order valence-electron chi connectivity index (χ4n) is 1.97. The van der Waals surface area contributed by atoms with Gasteiger partial charge >= 0.3 is 0 Å². The molecule has 0 aliphatic carbocycles. The number of allylic oxidation sites excluding steroid dienone is 1. The van der Waals surface area contributed by atoms with Crippen molar-refractivity contribution in [1.82, 2.24) is 0 Å². The van der Waals surface area contributed by atoms with Gasteiger partial charge in [0, 0.05) is 12.1 Å². The summed E-state index contributed by atoms with van der Waals surface area (Å²) in [6, 6.07) is 17.2. The Morgan fingerprint density at radius 2 is 1.90 bits per heavy atom. The van der Waals surface area contributed by atoms with Gasteiger partial charge in [0.2, 0.25) is 5.91 Å². The number of anilines is 1. The van der Waals surface area contributed by atoms with Crippen LogP contribution in [0.5, 0.6) is 0 Å². The quantitative estimate of drug-likeness (QED) is 0.849. The largest absolute Gasteiger partial charge is 0.392 e. The highest BCUT2D eigenvalue weighted by Crippen LogP contribution is 2.11. The molecule has 3 heteroatoms. The van der Waals surface area contributed by atoms with E-state index in [4.69, 9.17) is 5.11 Å². The highest BCUT2D eigenvalue weighted by atomic mass is 16.3. The van der Waals surface area contributed by atoms with E-state index >= 15 is 0 Å². The summed E-state index contributed by atoms with van der Waals surface area (Å²) in [6.45, 7) is -0.0243. The molecule has 3 nitrogen and oxygen atoms in total. The van der Waals surface area contributed by atoms with E-state index in [0.29, 0.717) is 12.8 Å². The number of aliphatic hydroxyl groups is 1. The molecule has 21 heavy (non-hydrogen) atoms. The van der Waals surface area contributed by atoms with Gasteiger partial charge in [0.05, 0.1) is 6.61 Å². The van der Waals surface area contributed by atoms with Crippen molar-refractivity contribution >= 4 is 17.7 Å². The van der Waals surface area contributed by atoms with Crippen LogP contribution in [0.3, 0.4) is 0 Å². The molecule has 0 unspecified atom stereocenters. The van der Waals surface area contributed by atoms with Gasteiger partial charge in [0.15, 0.2) is 0 Å². The van der Waals surface area contributed by atoms with Crippen LogP contribution < -0.4 is 5.32 Å². The van der Waals surface area contributed by atoms with Gasteiger partial charge in [-0.1, -0.05) is 54.6 Å². The van der Waals surface area contributed by atoms with Gasteiger partial charge in [-0.2, -0.15) is 0 Å². The Labute approximate surface area is 124 Å². The van der Waals surface area contributed by atoms with Crippen molar-refractivity contribution in [2.45, 2.75) is 19.4 Å². The summed E-state index contributed by atoms with van der Waals surface area (Å²) >= 11 is 0. The van der Waals surface area contributed by atoms with Crippen LogP contribution in [0.25, 0.3) is 6.08 Å². The van der Waals surface area contributed by atoms with Crippen LogP contribution >= 0.6 is 0 Å². The zero-order chi connectivity index (χ0) is 14.9. The maximum Gasteiger partial charge on any atom is 0.224 e. The van der Waals surface area contributed by atoms with Gasteiger partial charge in [0.1, 0.15) is 0 Å². The minimum absolute atomic E-state index is 0.0243. The molecular formula is C18H19NO2. The molecule has 108 valence electrons. The third kappa shape index (κ3) is 5.24. The Bertz CT molecular complexity index is 606. The molecule has 0 bridgehead atoms. The van der Waals surface area contributed by atoms with Crippen molar-refractivity contribution in [3.8, 4) is 0 Å². The van der Waals surface area contributed by atoms with Crippen LogP contribution in [0.2, 0.25) is 0 Å². The van der Waals surface area contributed by atoms with E-state index in [0.717, 1.165) is 16.8 Å². The maximum absolute atomic E-state index is 11.8. The number of hydrogen-bond donors (Lipinski definition) is 2. The van der Waals surface area contributed by atoms with Gasteiger partial charge in [-0.15, -0.1) is 0 Å². The van der Waals surface area contributed by atoms with Crippen LogP contribution in [0.15, 0.2) is 60.7 Å². The molecule has 0 radical (unpaired) electrons. The van der Waals surface area contributed by atoms with Crippen LogP contribution in [-0.2, 0) is 11.4 Å². The van der Waals surface area contributed by atoms with E-state index in [2.05, 4.69) is 5.32 Å². The number of amides is 1. The summed E-state index contributed by atoms with van der Waals surface area (Å²) in [5.74, 6) is -0.0252. The second-order valence-electron chi connectivity index (χ2n) is 4.76. The molecule has 0 aliphatic rings. The molecule has 0 saturated carbocycles. The molecule has 2 N–H and O–H groups in total. The van der Waals surface area contributed by atoms with Crippen molar-refractivity contribution in [3.63, 3.8) is 0 Å². The van der Waals surface area contributed by atoms with Crippen LogP contribution in [-0.4, -0.2) is 11.0 Å². The summed E-state index contributed by atoms with van der Waals surface area (Å²) in [6.07, 6.45) is 5.14. The molecule has 0 aliphatic heterocycles. The predicted octanol–water partition coefficient (Wildman–Crippen LogP) is 3.61. The minimum atomic E-state index is -0.0252. The molecule has 0 saturated heterocycles. The number of carbonyl (C=O) groups excluding carboxylic acids is 1. The number of rotatable bonds is 6. The lowest BCUT2D eigenvalue weighted by Crippen LogP contribution is -2.10. The molecule has 0 spiro atoms. The Morgan fingerprint density at radius 3 is 2.67 bits per heavy atom. The fraction of sp³-hybridized carbons (Fsp3) is 0.167. The highest BCUT2D eigenvalue weighted by Gasteiger charge is 2.01. The zero-order valence-corrected chi connectivity index (χ0v) is 11.8. The molecule has 1 amide bonds. The van der Waals surface area contributed by atoms with Gasteiger partial charge in [-0.05, 0) is 29.7 Å². The molecule has 0 heterocycles. The Hall–Kier alpha value is -2.39. The van der Waals surface area contributed by atoms with Crippen LogP contribution in [0.4, 0.5) is 5.69 Å². The molecule has 2 rings (SSSR count). The van der Waals surface area contributed by atoms with Gasteiger partial charge in [0.25, 0.3) is 0 Å². The van der Waals surface area contributed by atoms with E-state index in [9.17, 15) is 4.79 Å². The first-order valence-corrected chi connectivity index (χ1v) is 6.99. The predicted molar refractivity (Wildman–Crippen MR) is 85.7 cm³/mol. The van der Waals surface area contributed by atoms with Crippen molar-refractivity contribution in [2.75, 3.05) is 5.32 Å². The molecule has 2 aromatic rings. The van der Waals surface area contributed by atoms with Gasteiger partial charge in [-0.25, -0.2) is 0 Å². The molecule has 0 fully saturated rings.